The first-order valence-electron chi connectivity index (χ1n) is 9.52. The number of furan rings is 1. The van der Waals surface area contributed by atoms with E-state index in [2.05, 4.69) is 29.1 Å². The number of fused-ring (bicyclic) bond motifs is 2. The highest BCUT2D eigenvalue weighted by molar-refractivity contribution is 6.30. The molecule has 4 heterocycles. The van der Waals surface area contributed by atoms with Crippen molar-refractivity contribution >= 4 is 23.2 Å². The lowest BCUT2D eigenvalue weighted by Crippen LogP contribution is -2.39. The highest BCUT2D eigenvalue weighted by Crippen LogP contribution is 2.38. The maximum Gasteiger partial charge on any atom is 0.274 e. The molecule has 0 fully saturated rings. The third-order valence-electron chi connectivity index (χ3n) is 5.47. The van der Waals surface area contributed by atoms with Gasteiger partial charge in [0, 0.05) is 24.4 Å². The number of aromatic nitrogens is 3. The van der Waals surface area contributed by atoms with E-state index in [1.165, 1.54) is 10.1 Å². The Morgan fingerprint density at radius 3 is 2.93 bits per heavy atom. The summed E-state index contributed by atoms with van der Waals surface area (Å²) >= 11 is 5.99. The second kappa shape index (κ2) is 6.74. The molecule has 0 saturated heterocycles. The van der Waals surface area contributed by atoms with Crippen molar-refractivity contribution < 1.29 is 9.21 Å². The van der Waals surface area contributed by atoms with Crippen LogP contribution in [-0.4, -0.2) is 31.9 Å². The molecule has 1 unspecified atom stereocenters. The number of hydrogen-bond acceptors (Lipinski definition) is 4. The van der Waals surface area contributed by atoms with Crippen molar-refractivity contribution in [2.45, 2.75) is 26.3 Å². The highest BCUT2D eigenvalue weighted by atomic mass is 35.5. The van der Waals surface area contributed by atoms with E-state index in [9.17, 15) is 4.79 Å². The van der Waals surface area contributed by atoms with E-state index in [4.69, 9.17) is 16.0 Å². The summed E-state index contributed by atoms with van der Waals surface area (Å²) in [6, 6.07) is 11.8. The lowest BCUT2D eigenvalue weighted by molar-refractivity contribution is 0.0671. The van der Waals surface area contributed by atoms with Gasteiger partial charge < -0.3 is 9.32 Å². The van der Waals surface area contributed by atoms with Crippen LogP contribution in [0.25, 0.3) is 17.0 Å². The largest absolute Gasteiger partial charge is 0.461 e. The van der Waals surface area contributed by atoms with E-state index < -0.39 is 0 Å². The average molecular weight is 407 g/mol. The molecular weight excluding hydrogens is 388 g/mol. The van der Waals surface area contributed by atoms with E-state index in [0.717, 1.165) is 29.1 Å². The average Bonchev–Trinajstić information content (AvgIpc) is 3.33. The fourth-order valence-electron chi connectivity index (χ4n) is 4.09. The summed E-state index contributed by atoms with van der Waals surface area (Å²) in [5.74, 6) is 1.58. The number of carbonyl (C=O) groups excluding carboxylic acids is 1. The Morgan fingerprint density at radius 2 is 2.14 bits per heavy atom. The quantitative estimate of drug-likeness (QED) is 0.483. The summed E-state index contributed by atoms with van der Waals surface area (Å²) in [7, 11) is 0. The summed E-state index contributed by atoms with van der Waals surface area (Å²) < 4.78 is 7.41. The number of rotatable bonds is 2. The Labute approximate surface area is 172 Å². The molecule has 1 aliphatic heterocycles. The van der Waals surface area contributed by atoms with E-state index in [1.807, 2.05) is 30.0 Å². The molecule has 4 aromatic rings. The monoisotopic (exact) mass is 406 g/mol. The van der Waals surface area contributed by atoms with Gasteiger partial charge in [0.15, 0.2) is 11.3 Å². The minimum atomic E-state index is -0.116. The lowest BCUT2D eigenvalue weighted by Gasteiger charge is -2.36. The zero-order valence-corrected chi connectivity index (χ0v) is 16.8. The van der Waals surface area contributed by atoms with E-state index >= 15 is 0 Å². The van der Waals surface area contributed by atoms with Gasteiger partial charge in [0.25, 0.3) is 5.91 Å². The Balaban J connectivity index is 1.53. The zero-order valence-electron chi connectivity index (χ0n) is 16.1. The Kier molecular flexibility index (Phi) is 4.17. The number of halogens is 1. The maximum atomic E-state index is 13.3. The van der Waals surface area contributed by atoms with Gasteiger partial charge in [-0.1, -0.05) is 29.8 Å². The summed E-state index contributed by atoms with van der Waals surface area (Å²) in [4.78, 5) is 19.4. The topological polar surface area (TPSA) is 63.6 Å². The van der Waals surface area contributed by atoms with Crippen molar-refractivity contribution in [3.8, 4) is 11.3 Å². The molecule has 5 rings (SSSR count). The summed E-state index contributed by atoms with van der Waals surface area (Å²) in [5.41, 5.74) is 4.36. The highest BCUT2D eigenvalue weighted by Gasteiger charge is 2.32. The normalized spacial score (nSPS) is 16.2. The van der Waals surface area contributed by atoms with Crippen LogP contribution in [-0.2, 0) is 6.42 Å². The molecule has 1 atom stereocenters. The molecule has 1 aliphatic rings. The maximum absolute atomic E-state index is 13.3. The first-order chi connectivity index (χ1) is 14.0. The van der Waals surface area contributed by atoms with Crippen molar-refractivity contribution in [3.05, 3.63) is 76.4 Å². The van der Waals surface area contributed by atoms with Crippen molar-refractivity contribution in [2.24, 2.45) is 0 Å². The third-order valence-corrected chi connectivity index (χ3v) is 5.67. The second-order valence-corrected chi connectivity index (χ2v) is 7.75. The fraction of sp³-hybridized carbons (Fsp3) is 0.227. The fourth-order valence-corrected chi connectivity index (χ4v) is 4.23. The molecule has 0 aliphatic carbocycles. The first-order valence-corrected chi connectivity index (χ1v) is 9.89. The summed E-state index contributed by atoms with van der Waals surface area (Å²) in [6.45, 7) is 4.62. The van der Waals surface area contributed by atoms with Crippen LogP contribution in [0.3, 0.4) is 0 Å². The predicted molar refractivity (Wildman–Crippen MR) is 110 cm³/mol. The van der Waals surface area contributed by atoms with Crippen molar-refractivity contribution in [2.75, 3.05) is 6.54 Å². The lowest BCUT2D eigenvalue weighted by atomic mass is 9.88. The first kappa shape index (κ1) is 17.9. The molecule has 29 heavy (non-hydrogen) atoms. The third kappa shape index (κ3) is 3.00. The molecule has 0 N–H and O–H groups in total. The molecule has 7 heteroatoms. The standard InChI is InChI=1S/C22H19ClN4O2/c1-13-6-7-19(29-13)17-5-3-4-15-8-9-26(14(2)21(15)17)22(28)18-10-20-24-11-16(23)12-27(20)25-18/h3-7,10-12,14H,8-9H2,1-2H3. The van der Waals surface area contributed by atoms with Gasteiger partial charge in [-0.2, -0.15) is 5.10 Å². The minimum absolute atomic E-state index is 0.103. The number of hydrogen-bond donors (Lipinski definition) is 0. The van der Waals surface area contributed by atoms with Crippen LogP contribution in [0.1, 0.15) is 40.3 Å². The van der Waals surface area contributed by atoms with Crippen molar-refractivity contribution in [1.82, 2.24) is 19.5 Å². The van der Waals surface area contributed by atoms with Gasteiger partial charge in [-0.15, -0.1) is 0 Å². The summed E-state index contributed by atoms with van der Waals surface area (Å²) in [6.07, 6.45) is 3.98. The summed E-state index contributed by atoms with van der Waals surface area (Å²) in [5, 5.41) is 4.85. The Bertz CT molecular complexity index is 1240. The predicted octanol–water partition coefficient (Wildman–Crippen LogP) is 4.71. The molecule has 3 aromatic heterocycles. The molecular formula is C22H19ClN4O2. The van der Waals surface area contributed by atoms with Crippen molar-refractivity contribution in [3.63, 3.8) is 0 Å². The molecule has 0 radical (unpaired) electrons. The van der Waals surface area contributed by atoms with Gasteiger partial charge in [0.1, 0.15) is 11.5 Å². The van der Waals surface area contributed by atoms with Gasteiger partial charge in [-0.05, 0) is 43.5 Å². The molecule has 1 amide bonds. The number of aryl methyl sites for hydroxylation is 1. The molecule has 146 valence electrons. The smallest absolute Gasteiger partial charge is 0.274 e. The molecule has 1 aromatic carbocycles. The zero-order chi connectivity index (χ0) is 20.1. The molecule has 6 nitrogen and oxygen atoms in total. The van der Waals surface area contributed by atoms with Gasteiger partial charge in [-0.25, -0.2) is 9.50 Å². The Hall–Kier alpha value is -3.12. The van der Waals surface area contributed by atoms with Crippen LogP contribution in [0.5, 0.6) is 0 Å². The number of carbonyl (C=O) groups is 1. The number of nitrogens with zero attached hydrogens (tertiary/aromatic N) is 4. The molecule has 0 saturated carbocycles. The second-order valence-electron chi connectivity index (χ2n) is 7.32. The molecule has 0 spiro atoms. The van der Waals surface area contributed by atoms with Crippen LogP contribution in [0, 0.1) is 6.92 Å². The van der Waals surface area contributed by atoms with Crippen molar-refractivity contribution in [1.29, 1.82) is 0 Å². The van der Waals surface area contributed by atoms with Crippen LogP contribution in [0.2, 0.25) is 5.02 Å². The Morgan fingerprint density at radius 1 is 1.28 bits per heavy atom. The number of benzene rings is 1. The van der Waals surface area contributed by atoms with E-state index in [-0.39, 0.29) is 11.9 Å². The van der Waals surface area contributed by atoms with Crippen LogP contribution in [0.15, 0.2) is 53.2 Å². The van der Waals surface area contributed by atoms with Gasteiger partial charge in [0.2, 0.25) is 0 Å². The van der Waals surface area contributed by atoms with Gasteiger partial charge >= 0.3 is 0 Å². The van der Waals surface area contributed by atoms with Gasteiger partial charge in [0.05, 0.1) is 17.3 Å². The van der Waals surface area contributed by atoms with Crippen LogP contribution in [0.4, 0.5) is 0 Å². The minimum Gasteiger partial charge on any atom is -0.461 e. The number of amides is 1. The van der Waals surface area contributed by atoms with Gasteiger partial charge in [-0.3, -0.25) is 4.79 Å². The SMILES string of the molecule is Cc1ccc(-c2cccc3c2C(C)N(C(=O)c2cc4ncc(Cl)cn4n2)CC3)o1. The van der Waals surface area contributed by atoms with Crippen LogP contribution >= 0.6 is 11.6 Å². The van der Waals surface area contributed by atoms with E-state index in [0.29, 0.717) is 22.9 Å². The van der Waals surface area contributed by atoms with Crippen LogP contribution < -0.4 is 0 Å². The molecule has 0 bridgehead atoms. The van der Waals surface area contributed by atoms with E-state index in [1.54, 1.807) is 18.5 Å².